The second kappa shape index (κ2) is 14.4. The maximum Gasteiger partial charge on any atom is 0.343 e. The summed E-state index contributed by atoms with van der Waals surface area (Å²) < 4.78 is 27.0. The van der Waals surface area contributed by atoms with Gasteiger partial charge in [0, 0.05) is 11.1 Å². The number of ether oxygens (including phenoxy) is 5. The third kappa shape index (κ3) is 7.39. The lowest BCUT2D eigenvalue weighted by Gasteiger charge is -2.14. The van der Waals surface area contributed by atoms with Gasteiger partial charge in [-0.2, -0.15) is 5.10 Å². The normalized spacial score (nSPS) is 10.7. The Morgan fingerprint density at radius 1 is 0.814 bits per heavy atom. The highest BCUT2D eigenvalue weighted by Gasteiger charge is 2.18. The number of benzene rings is 4. The van der Waals surface area contributed by atoms with E-state index >= 15 is 0 Å². The van der Waals surface area contributed by atoms with Gasteiger partial charge in [0.15, 0.2) is 11.5 Å². The molecule has 222 valence electrons. The molecule has 2 amide bonds. The van der Waals surface area contributed by atoms with Crippen molar-refractivity contribution in [3.05, 3.63) is 89.5 Å². The topological polar surface area (TPSA) is 134 Å². The van der Waals surface area contributed by atoms with Crippen LogP contribution in [0.5, 0.6) is 28.7 Å². The van der Waals surface area contributed by atoms with Crippen LogP contribution in [-0.2, 0) is 4.79 Å². The van der Waals surface area contributed by atoms with Crippen molar-refractivity contribution in [2.24, 2.45) is 5.10 Å². The summed E-state index contributed by atoms with van der Waals surface area (Å²) in [6.07, 6.45) is 1.39. The van der Waals surface area contributed by atoms with Crippen molar-refractivity contribution >= 4 is 34.8 Å². The molecule has 2 N–H and O–H groups in total. The Hall–Kier alpha value is -5.58. The van der Waals surface area contributed by atoms with Gasteiger partial charge < -0.3 is 29.0 Å². The van der Waals surface area contributed by atoms with Crippen LogP contribution in [-0.4, -0.2) is 58.5 Å². The van der Waals surface area contributed by atoms with Crippen molar-refractivity contribution in [2.45, 2.75) is 6.92 Å². The first kappa shape index (κ1) is 30.4. The number of methoxy groups -OCH3 is 3. The molecule has 0 atom stereocenters. The first-order chi connectivity index (χ1) is 20.9. The smallest absolute Gasteiger partial charge is 0.343 e. The monoisotopic (exact) mass is 585 g/mol. The van der Waals surface area contributed by atoms with Gasteiger partial charge in [0.05, 0.1) is 46.3 Å². The predicted molar refractivity (Wildman–Crippen MR) is 161 cm³/mol. The summed E-state index contributed by atoms with van der Waals surface area (Å²) in [6, 6.07) is 20.5. The standard InChI is InChI=1S/C32H31N3O8/c1-5-42-23-13-10-21(11-14-23)32(38)43-26-15-12-20-8-6-7-9-24(20)25(26)18-34-35-29(36)19-33-31(37)22-16-27(39-2)30(41-4)28(17-22)40-3/h6-18H,5,19H2,1-4H3,(H,33,37)(H,35,36)/b34-18+. The lowest BCUT2D eigenvalue weighted by Crippen LogP contribution is -2.35. The van der Waals surface area contributed by atoms with Gasteiger partial charge in [0.25, 0.3) is 11.8 Å². The van der Waals surface area contributed by atoms with E-state index in [0.29, 0.717) is 40.7 Å². The Morgan fingerprint density at radius 2 is 1.51 bits per heavy atom. The Morgan fingerprint density at radius 3 is 2.16 bits per heavy atom. The molecule has 0 unspecified atom stereocenters. The highest BCUT2D eigenvalue weighted by atomic mass is 16.5. The van der Waals surface area contributed by atoms with Crippen molar-refractivity contribution in [2.75, 3.05) is 34.5 Å². The van der Waals surface area contributed by atoms with Crippen LogP contribution in [0.25, 0.3) is 10.8 Å². The maximum atomic E-state index is 12.9. The minimum absolute atomic E-state index is 0.209. The molecule has 0 heterocycles. The highest BCUT2D eigenvalue weighted by molar-refractivity contribution is 6.04. The number of nitrogens with one attached hydrogen (secondary N) is 2. The Kier molecular flexibility index (Phi) is 10.1. The number of fused-ring (bicyclic) bond motifs is 1. The van der Waals surface area contributed by atoms with Crippen LogP contribution in [0.4, 0.5) is 0 Å². The molecule has 0 aliphatic carbocycles. The molecule has 11 heteroatoms. The Bertz CT molecular complexity index is 1630. The number of amides is 2. The van der Waals surface area contributed by atoms with E-state index in [0.717, 1.165) is 10.8 Å². The van der Waals surface area contributed by atoms with Crippen molar-refractivity contribution in [1.82, 2.24) is 10.7 Å². The van der Waals surface area contributed by atoms with E-state index < -0.39 is 17.8 Å². The number of rotatable bonds is 12. The molecule has 4 rings (SSSR count). The largest absolute Gasteiger partial charge is 0.494 e. The van der Waals surface area contributed by atoms with E-state index in [2.05, 4.69) is 15.8 Å². The summed E-state index contributed by atoms with van der Waals surface area (Å²) in [7, 11) is 4.33. The number of hydrogen-bond acceptors (Lipinski definition) is 9. The number of hydrogen-bond donors (Lipinski definition) is 2. The minimum atomic E-state index is -0.579. The lowest BCUT2D eigenvalue weighted by molar-refractivity contribution is -0.120. The van der Waals surface area contributed by atoms with Gasteiger partial charge in [-0.1, -0.05) is 30.3 Å². The summed E-state index contributed by atoms with van der Waals surface area (Å²) in [6.45, 7) is 2.03. The van der Waals surface area contributed by atoms with Gasteiger partial charge in [-0.25, -0.2) is 10.2 Å². The van der Waals surface area contributed by atoms with Crippen molar-refractivity contribution in [3.8, 4) is 28.7 Å². The first-order valence-corrected chi connectivity index (χ1v) is 13.2. The van der Waals surface area contributed by atoms with Gasteiger partial charge in [0.2, 0.25) is 5.75 Å². The van der Waals surface area contributed by atoms with Crippen LogP contribution >= 0.6 is 0 Å². The fourth-order valence-corrected chi connectivity index (χ4v) is 4.19. The number of esters is 1. The molecule has 0 radical (unpaired) electrons. The van der Waals surface area contributed by atoms with Crippen molar-refractivity contribution < 1.29 is 38.1 Å². The zero-order valence-electron chi connectivity index (χ0n) is 24.1. The fraction of sp³-hybridized carbons (Fsp3) is 0.188. The van der Waals surface area contributed by atoms with E-state index in [9.17, 15) is 14.4 Å². The zero-order chi connectivity index (χ0) is 30.8. The minimum Gasteiger partial charge on any atom is -0.494 e. The maximum absolute atomic E-state index is 12.9. The second-order valence-corrected chi connectivity index (χ2v) is 8.94. The third-order valence-corrected chi connectivity index (χ3v) is 6.25. The van der Waals surface area contributed by atoms with E-state index in [-0.39, 0.29) is 17.9 Å². The van der Waals surface area contributed by atoms with Crippen LogP contribution in [0, 0.1) is 0 Å². The van der Waals surface area contributed by atoms with Gasteiger partial charge in [-0.15, -0.1) is 0 Å². The van der Waals surface area contributed by atoms with Gasteiger partial charge in [0.1, 0.15) is 11.5 Å². The molecule has 0 aliphatic rings. The summed E-state index contributed by atoms with van der Waals surface area (Å²) in [5, 5.41) is 8.22. The quantitative estimate of drug-likeness (QED) is 0.108. The molecule has 0 aliphatic heterocycles. The van der Waals surface area contributed by atoms with E-state index in [4.69, 9.17) is 23.7 Å². The molecule has 0 fully saturated rings. The van der Waals surface area contributed by atoms with Gasteiger partial charge in [-0.05, 0) is 60.2 Å². The molecular weight excluding hydrogens is 554 g/mol. The fourth-order valence-electron chi connectivity index (χ4n) is 4.19. The van der Waals surface area contributed by atoms with Crippen molar-refractivity contribution in [3.63, 3.8) is 0 Å². The van der Waals surface area contributed by atoms with Crippen LogP contribution in [0.3, 0.4) is 0 Å². The molecule has 0 aromatic heterocycles. The van der Waals surface area contributed by atoms with Crippen LogP contribution in [0.15, 0.2) is 77.9 Å². The molecule has 11 nitrogen and oxygen atoms in total. The average molecular weight is 586 g/mol. The van der Waals surface area contributed by atoms with Crippen molar-refractivity contribution in [1.29, 1.82) is 0 Å². The van der Waals surface area contributed by atoms with Gasteiger partial charge >= 0.3 is 5.97 Å². The third-order valence-electron chi connectivity index (χ3n) is 6.25. The molecule has 43 heavy (non-hydrogen) atoms. The number of carbonyl (C=O) groups excluding carboxylic acids is 3. The number of nitrogens with zero attached hydrogens (tertiary/aromatic N) is 1. The van der Waals surface area contributed by atoms with Crippen LogP contribution in [0.1, 0.15) is 33.2 Å². The molecule has 4 aromatic rings. The van der Waals surface area contributed by atoms with Gasteiger partial charge in [-0.3, -0.25) is 9.59 Å². The first-order valence-electron chi connectivity index (χ1n) is 13.2. The lowest BCUT2D eigenvalue weighted by atomic mass is 10.0. The SMILES string of the molecule is CCOc1ccc(C(=O)Oc2ccc3ccccc3c2/C=N/NC(=O)CNC(=O)c2cc(OC)c(OC)c(OC)c2)cc1. The summed E-state index contributed by atoms with van der Waals surface area (Å²) in [5.74, 6) is 0.170. The number of carbonyl (C=O) groups is 3. The van der Waals surface area contributed by atoms with E-state index in [1.54, 1.807) is 30.3 Å². The second-order valence-electron chi connectivity index (χ2n) is 8.94. The molecule has 4 aromatic carbocycles. The molecule has 0 saturated carbocycles. The Labute approximate surface area is 248 Å². The average Bonchev–Trinajstić information content (AvgIpc) is 3.04. The number of hydrazone groups is 1. The summed E-state index contributed by atoms with van der Waals surface area (Å²) in [4.78, 5) is 38.1. The van der Waals surface area contributed by atoms with Crippen LogP contribution < -0.4 is 34.4 Å². The molecule has 0 spiro atoms. The zero-order valence-corrected chi connectivity index (χ0v) is 24.1. The highest BCUT2D eigenvalue weighted by Crippen LogP contribution is 2.38. The molecular formula is C32H31N3O8. The van der Waals surface area contributed by atoms with Crippen LogP contribution in [0.2, 0.25) is 0 Å². The summed E-state index contributed by atoms with van der Waals surface area (Å²) >= 11 is 0. The molecule has 0 bridgehead atoms. The summed E-state index contributed by atoms with van der Waals surface area (Å²) in [5.41, 5.74) is 3.43. The van der Waals surface area contributed by atoms with E-state index in [1.807, 2.05) is 37.3 Å². The Balaban J connectivity index is 1.45. The predicted octanol–water partition coefficient (Wildman–Crippen LogP) is 4.36. The molecule has 0 saturated heterocycles. The van der Waals surface area contributed by atoms with E-state index in [1.165, 1.54) is 39.7 Å².